The molecule has 2 aromatic carbocycles. The number of thioether (sulfide) groups is 1. The van der Waals surface area contributed by atoms with Crippen molar-refractivity contribution < 1.29 is 9.59 Å². The third kappa shape index (κ3) is 5.95. The Hall–Kier alpha value is -3.13. The highest BCUT2D eigenvalue weighted by molar-refractivity contribution is 7.99. The molecule has 0 spiro atoms. The maximum absolute atomic E-state index is 12.4. The first kappa shape index (κ1) is 22.6. The summed E-state index contributed by atoms with van der Waals surface area (Å²) >= 11 is 1.30. The van der Waals surface area contributed by atoms with Gasteiger partial charge in [-0.25, -0.2) is 0 Å². The third-order valence-corrected chi connectivity index (χ3v) is 5.85. The van der Waals surface area contributed by atoms with E-state index in [0.29, 0.717) is 22.5 Å². The zero-order valence-electron chi connectivity index (χ0n) is 18.1. The summed E-state index contributed by atoms with van der Waals surface area (Å²) in [5.74, 6) is 0.995. The Morgan fingerprint density at radius 3 is 2.32 bits per heavy atom. The monoisotopic (exact) mass is 437 g/mol. The predicted molar refractivity (Wildman–Crippen MR) is 123 cm³/mol. The van der Waals surface area contributed by atoms with Gasteiger partial charge in [-0.2, -0.15) is 0 Å². The summed E-state index contributed by atoms with van der Waals surface area (Å²) in [6.07, 6.45) is 0. The van der Waals surface area contributed by atoms with Gasteiger partial charge in [0.15, 0.2) is 11.0 Å². The van der Waals surface area contributed by atoms with Crippen molar-refractivity contribution in [3.8, 4) is 0 Å². The van der Waals surface area contributed by atoms with E-state index in [2.05, 4.69) is 34.7 Å². The average Bonchev–Trinajstić information content (AvgIpc) is 3.13. The van der Waals surface area contributed by atoms with E-state index >= 15 is 0 Å². The quantitative estimate of drug-likeness (QED) is 0.517. The number of carbonyl (C=O) groups is 2. The van der Waals surface area contributed by atoms with Crippen LogP contribution in [0, 0.1) is 0 Å². The number of anilines is 1. The minimum Gasteiger partial charge on any atom is -0.342 e. The van der Waals surface area contributed by atoms with Gasteiger partial charge in [-0.1, -0.05) is 55.9 Å². The summed E-state index contributed by atoms with van der Waals surface area (Å²) in [5.41, 5.74) is 2.59. The van der Waals surface area contributed by atoms with E-state index in [4.69, 9.17) is 0 Å². The second-order valence-corrected chi connectivity index (χ2v) is 8.52. The number of aromatic nitrogens is 3. The van der Waals surface area contributed by atoms with E-state index in [9.17, 15) is 9.59 Å². The Labute approximate surface area is 186 Å². The van der Waals surface area contributed by atoms with Crippen molar-refractivity contribution in [2.75, 3.05) is 11.1 Å². The lowest BCUT2D eigenvalue weighted by Gasteiger charge is -2.13. The smallest absolute Gasteiger partial charge is 0.251 e. The Bertz CT molecular complexity index is 1030. The van der Waals surface area contributed by atoms with Crippen LogP contribution >= 0.6 is 11.8 Å². The summed E-state index contributed by atoms with van der Waals surface area (Å²) in [7, 11) is 1.82. The minimum absolute atomic E-state index is 0.114. The average molecular weight is 438 g/mol. The SMILES string of the molecule is CC(C)c1ccc(NC(=O)CSc2nnc(C(C)NC(=O)c3ccccc3)n2C)cc1. The van der Waals surface area contributed by atoms with E-state index in [0.717, 1.165) is 5.69 Å². The van der Waals surface area contributed by atoms with E-state index in [1.807, 2.05) is 56.4 Å². The molecule has 3 aromatic rings. The molecule has 0 radical (unpaired) electrons. The van der Waals surface area contributed by atoms with Crippen molar-refractivity contribution in [2.45, 2.75) is 37.9 Å². The van der Waals surface area contributed by atoms with E-state index in [1.54, 1.807) is 16.7 Å². The van der Waals surface area contributed by atoms with Gasteiger partial charge in [0.2, 0.25) is 5.91 Å². The molecular formula is C23H27N5O2S. The van der Waals surface area contributed by atoms with Crippen LogP contribution in [0.3, 0.4) is 0 Å². The highest BCUT2D eigenvalue weighted by Gasteiger charge is 2.19. The molecule has 3 rings (SSSR count). The van der Waals surface area contributed by atoms with Gasteiger partial charge in [0.25, 0.3) is 5.91 Å². The van der Waals surface area contributed by atoms with E-state index < -0.39 is 0 Å². The van der Waals surface area contributed by atoms with Crippen LogP contribution in [0.2, 0.25) is 0 Å². The van der Waals surface area contributed by atoms with Crippen LogP contribution in [0.4, 0.5) is 5.69 Å². The molecule has 0 fully saturated rings. The molecule has 0 saturated heterocycles. The van der Waals surface area contributed by atoms with E-state index in [-0.39, 0.29) is 23.6 Å². The summed E-state index contributed by atoms with van der Waals surface area (Å²) in [5, 5.41) is 14.8. The number of hydrogen-bond donors (Lipinski definition) is 2. The van der Waals surface area contributed by atoms with Gasteiger partial charge in [-0.05, 0) is 42.7 Å². The van der Waals surface area contributed by atoms with Gasteiger partial charge in [-0.15, -0.1) is 10.2 Å². The number of amides is 2. The van der Waals surface area contributed by atoms with Crippen LogP contribution in [0.15, 0.2) is 59.8 Å². The fourth-order valence-electron chi connectivity index (χ4n) is 3.04. The number of hydrogen-bond acceptors (Lipinski definition) is 5. The first-order valence-corrected chi connectivity index (χ1v) is 11.1. The van der Waals surface area contributed by atoms with Crippen molar-refractivity contribution in [1.82, 2.24) is 20.1 Å². The van der Waals surface area contributed by atoms with Crippen LogP contribution in [-0.2, 0) is 11.8 Å². The Kier molecular flexibility index (Phi) is 7.46. The summed E-state index contributed by atoms with van der Waals surface area (Å²) in [6.45, 7) is 6.12. The molecule has 0 saturated carbocycles. The zero-order chi connectivity index (χ0) is 22.4. The fraction of sp³-hybridized carbons (Fsp3) is 0.304. The molecule has 1 unspecified atom stereocenters. The summed E-state index contributed by atoms with van der Waals surface area (Å²) < 4.78 is 1.80. The van der Waals surface area contributed by atoms with Gasteiger partial charge < -0.3 is 15.2 Å². The minimum atomic E-state index is -0.326. The lowest BCUT2D eigenvalue weighted by Crippen LogP contribution is -2.28. The molecule has 0 aliphatic rings. The molecule has 8 heteroatoms. The number of nitrogens with zero attached hydrogens (tertiary/aromatic N) is 3. The molecule has 2 N–H and O–H groups in total. The van der Waals surface area contributed by atoms with Crippen LogP contribution in [-0.4, -0.2) is 32.3 Å². The first-order valence-electron chi connectivity index (χ1n) is 10.1. The van der Waals surface area contributed by atoms with Crippen molar-refractivity contribution >= 4 is 29.3 Å². The summed E-state index contributed by atoms with van der Waals surface area (Å²) in [4.78, 5) is 24.7. The zero-order valence-corrected chi connectivity index (χ0v) is 18.9. The number of nitrogens with one attached hydrogen (secondary N) is 2. The van der Waals surface area contributed by atoms with Gasteiger partial charge >= 0.3 is 0 Å². The van der Waals surface area contributed by atoms with Crippen molar-refractivity contribution in [1.29, 1.82) is 0 Å². The second-order valence-electron chi connectivity index (χ2n) is 7.57. The number of carbonyl (C=O) groups excluding carboxylic acids is 2. The van der Waals surface area contributed by atoms with Crippen molar-refractivity contribution in [3.63, 3.8) is 0 Å². The molecule has 0 aliphatic heterocycles. The van der Waals surface area contributed by atoms with Crippen LogP contribution < -0.4 is 10.6 Å². The van der Waals surface area contributed by atoms with Gasteiger partial charge in [-0.3, -0.25) is 9.59 Å². The lowest BCUT2D eigenvalue weighted by molar-refractivity contribution is -0.113. The van der Waals surface area contributed by atoms with Gasteiger partial charge in [0.1, 0.15) is 0 Å². The molecule has 31 heavy (non-hydrogen) atoms. The topological polar surface area (TPSA) is 88.9 Å². The standard InChI is InChI=1S/C23H27N5O2S/c1-15(2)17-10-12-19(13-11-17)25-20(29)14-31-23-27-26-21(28(23)4)16(3)24-22(30)18-8-6-5-7-9-18/h5-13,15-16H,14H2,1-4H3,(H,24,30)(H,25,29). The van der Waals surface area contributed by atoms with Crippen LogP contribution in [0.5, 0.6) is 0 Å². The molecule has 0 bridgehead atoms. The first-order chi connectivity index (χ1) is 14.8. The van der Waals surface area contributed by atoms with Crippen molar-refractivity contribution in [2.24, 2.45) is 7.05 Å². The number of benzene rings is 2. The second kappa shape index (κ2) is 10.3. The molecule has 1 atom stereocenters. The van der Waals surface area contributed by atoms with E-state index in [1.165, 1.54) is 17.3 Å². The number of rotatable bonds is 8. The third-order valence-electron chi connectivity index (χ3n) is 4.83. The molecule has 7 nitrogen and oxygen atoms in total. The fourth-order valence-corrected chi connectivity index (χ4v) is 3.76. The summed E-state index contributed by atoms with van der Waals surface area (Å²) in [6, 6.07) is 16.6. The van der Waals surface area contributed by atoms with Crippen LogP contribution in [0.1, 0.15) is 54.5 Å². The molecular weight excluding hydrogens is 410 g/mol. The molecule has 2 amide bonds. The molecule has 1 heterocycles. The molecule has 0 aliphatic carbocycles. The molecule has 162 valence electrons. The maximum atomic E-state index is 12.4. The predicted octanol–water partition coefficient (Wildman–Crippen LogP) is 4.16. The Morgan fingerprint density at radius 1 is 1.00 bits per heavy atom. The van der Waals surface area contributed by atoms with Gasteiger partial charge in [0, 0.05) is 18.3 Å². The highest BCUT2D eigenvalue weighted by atomic mass is 32.2. The normalized spacial score (nSPS) is 11.9. The maximum Gasteiger partial charge on any atom is 0.251 e. The van der Waals surface area contributed by atoms with Crippen LogP contribution in [0.25, 0.3) is 0 Å². The Balaban J connectivity index is 1.54. The Morgan fingerprint density at radius 2 is 1.68 bits per heavy atom. The van der Waals surface area contributed by atoms with Crippen molar-refractivity contribution in [3.05, 3.63) is 71.5 Å². The highest BCUT2D eigenvalue weighted by Crippen LogP contribution is 2.21. The molecule has 1 aromatic heterocycles. The largest absolute Gasteiger partial charge is 0.342 e. The van der Waals surface area contributed by atoms with Gasteiger partial charge in [0.05, 0.1) is 11.8 Å². The lowest BCUT2D eigenvalue weighted by atomic mass is 10.0.